The quantitative estimate of drug-likeness (QED) is 0.202. The van der Waals surface area contributed by atoms with Gasteiger partial charge in [0, 0.05) is 20.4 Å². The smallest absolute Gasteiger partial charge is 0.315 e. The fourth-order valence-electron chi connectivity index (χ4n) is 6.23. The third-order valence-corrected chi connectivity index (χ3v) is 12.2. The molecule has 3 aliphatic rings. The first-order valence-electron chi connectivity index (χ1n) is 15.4. The molecule has 2 heterocycles. The van der Waals surface area contributed by atoms with Gasteiger partial charge >= 0.3 is 6.03 Å². The van der Waals surface area contributed by atoms with Crippen LogP contribution in [0.15, 0.2) is 113 Å². The molecule has 0 fully saturated rings. The van der Waals surface area contributed by atoms with Crippen molar-refractivity contribution in [3.05, 3.63) is 125 Å². The van der Waals surface area contributed by atoms with Gasteiger partial charge in [-0.15, -0.1) is 34.9 Å². The topological polar surface area (TPSA) is 85.2 Å². The van der Waals surface area contributed by atoms with Crippen LogP contribution < -0.4 is 15.5 Å². The minimum atomic E-state index is -0.567. The summed E-state index contributed by atoms with van der Waals surface area (Å²) >= 11 is 4.73. The van der Waals surface area contributed by atoms with E-state index < -0.39 is 5.25 Å². The number of carbonyl (C=O) groups excluding carboxylic acids is 2. The minimum absolute atomic E-state index is 0.0990. The highest BCUT2D eigenvalue weighted by Gasteiger charge is 2.37. The van der Waals surface area contributed by atoms with E-state index in [2.05, 4.69) is 41.8 Å². The average Bonchev–Trinajstić information content (AvgIpc) is 3.42. The van der Waals surface area contributed by atoms with Crippen molar-refractivity contribution in [2.75, 3.05) is 15.5 Å². The lowest BCUT2D eigenvalue weighted by atomic mass is 9.88. The summed E-state index contributed by atoms with van der Waals surface area (Å²) in [5.41, 5.74) is 4.09. The highest BCUT2D eigenvalue weighted by atomic mass is 32.2. The number of nitriles is 1. The third kappa shape index (κ3) is 6.13. The number of rotatable bonds is 6. The Kier molecular flexibility index (Phi) is 8.76. The molecule has 4 atom stereocenters. The molecule has 230 valence electrons. The van der Waals surface area contributed by atoms with E-state index in [1.807, 2.05) is 89.8 Å². The van der Waals surface area contributed by atoms with E-state index in [-0.39, 0.29) is 23.2 Å². The summed E-state index contributed by atoms with van der Waals surface area (Å²) in [6.07, 6.45) is 11.1. The predicted octanol–water partition coefficient (Wildman–Crippen LogP) is 9.22. The Morgan fingerprint density at radius 2 is 1.80 bits per heavy atom. The molecule has 0 saturated heterocycles. The van der Waals surface area contributed by atoms with E-state index in [1.165, 1.54) is 28.0 Å². The van der Waals surface area contributed by atoms with Crippen LogP contribution in [0.25, 0.3) is 0 Å². The molecule has 1 aliphatic heterocycles. The Labute approximate surface area is 281 Å². The number of amides is 3. The van der Waals surface area contributed by atoms with Crippen molar-refractivity contribution in [3.63, 3.8) is 0 Å². The van der Waals surface area contributed by atoms with Crippen LogP contribution in [0.3, 0.4) is 0 Å². The van der Waals surface area contributed by atoms with Crippen LogP contribution in [0, 0.1) is 17.2 Å². The molecule has 0 saturated carbocycles. The van der Waals surface area contributed by atoms with Crippen LogP contribution >= 0.6 is 34.9 Å². The Morgan fingerprint density at radius 1 is 1.00 bits per heavy atom. The van der Waals surface area contributed by atoms with Crippen molar-refractivity contribution >= 4 is 63.2 Å². The molecule has 4 unspecified atom stereocenters. The molecule has 0 spiro atoms. The molecule has 0 radical (unpaired) electrons. The molecule has 46 heavy (non-hydrogen) atoms. The average molecular weight is 661 g/mol. The van der Waals surface area contributed by atoms with E-state index >= 15 is 0 Å². The number of thioether (sulfide) groups is 2. The Bertz CT molecular complexity index is 1890. The molecule has 3 amide bonds. The van der Waals surface area contributed by atoms with Crippen LogP contribution in [-0.4, -0.2) is 23.2 Å². The zero-order chi connectivity index (χ0) is 31.6. The number of fused-ring (bicyclic) bond motifs is 3. The fourth-order valence-corrected chi connectivity index (χ4v) is 9.93. The van der Waals surface area contributed by atoms with Crippen molar-refractivity contribution in [1.82, 2.24) is 0 Å². The number of hydrogen-bond donors (Lipinski definition) is 2. The van der Waals surface area contributed by atoms with Crippen LogP contribution in [0.2, 0.25) is 0 Å². The molecule has 2 N–H and O–H groups in total. The van der Waals surface area contributed by atoms with E-state index in [9.17, 15) is 14.9 Å². The number of thiophene rings is 1. The van der Waals surface area contributed by atoms with Gasteiger partial charge in [-0.3, -0.25) is 9.69 Å². The molecular weight excluding hydrogens is 629 g/mol. The molecule has 2 aliphatic carbocycles. The Morgan fingerprint density at radius 3 is 2.65 bits per heavy atom. The standard InChI is InChI=1S/C37H32N4O2S3/c1-23-18-19-27-28(22-38)36(46-33(27)20-23)40-35(42)34(24-10-3-2-4-11-24)44-26-13-9-12-25(21-26)39-37(43)41-29-14-5-7-16-31(29)45-32-17-8-6-15-30(32)41/h2-17,21,23,29,31,34H,18-20H2,1H3,(H,39,43)(H,40,42). The summed E-state index contributed by atoms with van der Waals surface area (Å²) in [5, 5.41) is 16.5. The monoisotopic (exact) mass is 660 g/mol. The zero-order valence-corrected chi connectivity index (χ0v) is 27.6. The van der Waals surface area contributed by atoms with Gasteiger partial charge in [0.25, 0.3) is 0 Å². The van der Waals surface area contributed by atoms with Gasteiger partial charge in [0.15, 0.2) is 0 Å². The van der Waals surface area contributed by atoms with Crippen LogP contribution in [0.5, 0.6) is 0 Å². The second-order valence-electron chi connectivity index (χ2n) is 11.7. The van der Waals surface area contributed by atoms with Crippen molar-refractivity contribution in [2.45, 2.75) is 52.5 Å². The third-order valence-electron chi connectivity index (χ3n) is 8.50. The van der Waals surface area contributed by atoms with Crippen molar-refractivity contribution in [3.8, 4) is 6.07 Å². The molecule has 3 aromatic carbocycles. The lowest BCUT2D eigenvalue weighted by Gasteiger charge is -2.40. The van der Waals surface area contributed by atoms with Crippen LogP contribution in [0.1, 0.15) is 40.2 Å². The number of nitrogens with one attached hydrogen (secondary N) is 2. The number of nitrogens with zero attached hydrogens (tertiary/aromatic N) is 2. The summed E-state index contributed by atoms with van der Waals surface area (Å²) in [6.45, 7) is 2.23. The van der Waals surface area contributed by atoms with E-state index in [4.69, 9.17) is 0 Å². The minimum Gasteiger partial charge on any atom is -0.315 e. The first-order chi connectivity index (χ1) is 22.5. The second kappa shape index (κ2) is 13.2. The first-order valence-corrected chi connectivity index (χ1v) is 17.9. The normalized spacial score (nSPS) is 20.1. The fraction of sp³-hybridized carbons (Fsp3) is 0.216. The van der Waals surface area contributed by atoms with E-state index in [0.29, 0.717) is 22.2 Å². The van der Waals surface area contributed by atoms with E-state index in [0.717, 1.165) is 45.9 Å². The second-order valence-corrected chi connectivity index (χ2v) is 15.2. The SMILES string of the molecule is CC1CCc2c(sc(NC(=O)C(Sc3cccc(NC(=O)N4c5ccccc5SC5C=CC=CC54)c3)c3ccccc3)c2C#N)C1. The van der Waals surface area contributed by atoms with Crippen LogP contribution in [-0.2, 0) is 17.6 Å². The molecule has 9 heteroatoms. The number of anilines is 3. The lowest BCUT2D eigenvalue weighted by Crippen LogP contribution is -2.49. The number of benzene rings is 3. The van der Waals surface area contributed by atoms with Gasteiger partial charge in [0.1, 0.15) is 16.3 Å². The van der Waals surface area contributed by atoms with Gasteiger partial charge < -0.3 is 10.6 Å². The maximum atomic E-state index is 14.0. The first kappa shape index (κ1) is 30.4. The van der Waals surface area contributed by atoms with E-state index in [1.54, 1.807) is 11.8 Å². The largest absolute Gasteiger partial charge is 0.326 e. The maximum absolute atomic E-state index is 14.0. The van der Waals surface area contributed by atoms with Crippen molar-refractivity contribution < 1.29 is 9.59 Å². The summed E-state index contributed by atoms with van der Waals surface area (Å²) < 4.78 is 0. The highest BCUT2D eigenvalue weighted by molar-refractivity contribution is 8.00. The lowest BCUT2D eigenvalue weighted by molar-refractivity contribution is -0.115. The van der Waals surface area contributed by atoms with Gasteiger partial charge in [-0.1, -0.05) is 79.8 Å². The Balaban J connectivity index is 1.13. The molecule has 4 aromatic rings. The van der Waals surface area contributed by atoms with Gasteiger partial charge in [-0.05, 0) is 66.6 Å². The molecule has 0 bridgehead atoms. The zero-order valence-electron chi connectivity index (χ0n) is 25.2. The van der Waals surface area contributed by atoms with Crippen molar-refractivity contribution in [2.24, 2.45) is 5.92 Å². The maximum Gasteiger partial charge on any atom is 0.326 e. The summed E-state index contributed by atoms with van der Waals surface area (Å²) in [6, 6.07) is 27.4. The van der Waals surface area contributed by atoms with Gasteiger partial charge in [0.2, 0.25) is 5.91 Å². The van der Waals surface area contributed by atoms with Crippen LogP contribution in [0.4, 0.5) is 21.2 Å². The van der Waals surface area contributed by atoms with Gasteiger partial charge in [0.05, 0.1) is 22.5 Å². The summed E-state index contributed by atoms with van der Waals surface area (Å²) in [4.78, 5) is 32.8. The van der Waals surface area contributed by atoms with Gasteiger partial charge in [-0.25, -0.2) is 4.79 Å². The Hall–Kier alpha value is -4.23. The molecule has 6 nitrogen and oxygen atoms in total. The summed E-state index contributed by atoms with van der Waals surface area (Å²) in [7, 11) is 0. The van der Waals surface area contributed by atoms with Gasteiger partial charge in [-0.2, -0.15) is 5.26 Å². The number of carbonyl (C=O) groups is 2. The molecule has 1 aromatic heterocycles. The molecular formula is C37H32N4O2S3. The number of hydrogen-bond acceptors (Lipinski definition) is 6. The number of para-hydroxylation sites is 1. The van der Waals surface area contributed by atoms with Crippen molar-refractivity contribution in [1.29, 1.82) is 5.26 Å². The number of allylic oxidation sites excluding steroid dienone is 2. The highest BCUT2D eigenvalue weighted by Crippen LogP contribution is 2.45. The predicted molar refractivity (Wildman–Crippen MR) is 190 cm³/mol. The molecule has 7 rings (SSSR count). The summed E-state index contributed by atoms with van der Waals surface area (Å²) in [5.74, 6) is 0.391. The number of urea groups is 1.